The number of hydrogen-bond acceptors (Lipinski definition) is 1. The van der Waals surface area contributed by atoms with E-state index >= 15 is 0 Å². The van der Waals surface area contributed by atoms with Gasteiger partial charge in [-0.3, -0.25) is 0 Å². The molecule has 0 amide bonds. The molecule has 17 heavy (non-hydrogen) atoms. The van der Waals surface area contributed by atoms with Crippen LogP contribution in [-0.4, -0.2) is 12.6 Å². The van der Waals surface area contributed by atoms with Gasteiger partial charge in [-0.05, 0) is 56.4 Å². The molecule has 0 saturated carbocycles. The predicted octanol–water partition coefficient (Wildman–Crippen LogP) is 4.86. The molecule has 0 spiro atoms. The van der Waals surface area contributed by atoms with Crippen molar-refractivity contribution in [2.45, 2.75) is 79.7 Å². The van der Waals surface area contributed by atoms with Crippen LogP contribution in [0.15, 0.2) is 0 Å². The lowest BCUT2D eigenvalue weighted by molar-refractivity contribution is 0.340. The first-order valence-corrected chi connectivity index (χ1v) is 7.69. The van der Waals surface area contributed by atoms with Gasteiger partial charge in [0, 0.05) is 6.04 Å². The highest BCUT2D eigenvalue weighted by atomic mass is 14.9. The number of rotatable bonds is 10. The van der Waals surface area contributed by atoms with Crippen molar-refractivity contribution < 1.29 is 0 Å². The van der Waals surface area contributed by atoms with Gasteiger partial charge in [0.1, 0.15) is 0 Å². The maximum Gasteiger partial charge on any atom is 0.00695 e. The van der Waals surface area contributed by atoms with E-state index in [1.165, 1.54) is 38.6 Å². The molecular formula is C16H35N. The lowest BCUT2D eigenvalue weighted by Crippen LogP contribution is -2.31. The summed E-state index contributed by atoms with van der Waals surface area (Å²) < 4.78 is 0. The zero-order chi connectivity index (χ0) is 13.3. The van der Waals surface area contributed by atoms with Gasteiger partial charge in [-0.1, -0.05) is 41.5 Å². The Bertz CT molecular complexity index is 163. The molecule has 0 aliphatic rings. The Morgan fingerprint density at radius 1 is 0.824 bits per heavy atom. The summed E-state index contributed by atoms with van der Waals surface area (Å²) in [6.45, 7) is 15.2. The van der Waals surface area contributed by atoms with E-state index in [-0.39, 0.29) is 0 Å². The molecule has 0 bridgehead atoms. The molecule has 0 radical (unpaired) electrons. The topological polar surface area (TPSA) is 12.0 Å². The molecule has 1 N–H and O–H groups in total. The van der Waals surface area contributed by atoms with Crippen molar-refractivity contribution in [2.24, 2.45) is 17.8 Å². The van der Waals surface area contributed by atoms with Crippen LogP contribution in [0.25, 0.3) is 0 Å². The first-order chi connectivity index (χ1) is 7.95. The quantitative estimate of drug-likeness (QED) is 0.576. The summed E-state index contributed by atoms with van der Waals surface area (Å²) in [5, 5.41) is 3.71. The van der Waals surface area contributed by atoms with Gasteiger partial charge in [0.2, 0.25) is 0 Å². The number of nitrogens with one attached hydrogen (secondary N) is 1. The molecule has 2 unspecified atom stereocenters. The SMILES string of the molecule is CCCNC(CCC(C)CC(C)C)CC(C)C. The van der Waals surface area contributed by atoms with Crippen LogP contribution < -0.4 is 5.32 Å². The van der Waals surface area contributed by atoms with E-state index in [0.717, 1.165) is 23.8 Å². The first-order valence-electron chi connectivity index (χ1n) is 7.69. The second-order valence-electron chi connectivity index (χ2n) is 6.59. The van der Waals surface area contributed by atoms with Crippen LogP contribution in [0.3, 0.4) is 0 Å². The van der Waals surface area contributed by atoms with E-state index in [9.17, 15) is 0 Å². The second-order valence-corrected chi connectivity index (χ2v) is 6.59. The van der Waals surface area contributed by atoms with Gasteiger partial charge in [-0.15, -0.1) is 0 Å². The fraction of sp³-hybridized carbons (Fsp3) is 1.00. The Morgan fingerprint density at radius 3 is 1.88 bits per heavy atom. The fourth-order valence-corrected chi connectivity index (χ4v) is 2.63. The van der Waals surface area contributed by atoms with Crippen molar-refractivity contribution >= 4 is 0 Å². The largest absolute Gasteiger partial charge is 0.314 e. The van der Waals surface area contributed by atoms with E-state index < -0.39 is 0 Å². The molecule has 1 nitrogen and oxygen atoms in total. The van der Waals surface area contributed by atoms with Gasteiger partial charge in [-0.25, -0.2) is 0 Å². The van der Waals surface area contributed by atoms with E-state index in [0.29, 0.717) is 0 Å². The third kappa shape index (κ3) is 10.8. The Morgan fingerprint density at radius 2 is 1.41 bits per heavy atom. The smallest absolute Gasteiger partial charge is 0.00695 e. The molecule has 1 heteroatoms. The van der Waals surface area contributed by atoms with Gasteiger partial charge in [0.15, 0.2) is 0 Å². The van der Waals surface area contributed by atoms with Crippen LogP contribution in [0.4, 0.5) is 0 Å². The van der Waals surface area contributed by atoms with E-state index in [4.69, 9.17) is 0 Å². The van der Waals surface area contributed by atoms with Crippen molar-refractivity contribution in [1.82, 2.24) is 5.32 Å². The van der Waals surface area contributed by atoms with E-state index in [1.807, 2.05) is 0 Å². The van der Waals surface area contributed by atoms with Crippen LogP contribution in [-0.2, 0) is 0 Å². The highest BCUT2D eigenvalue weighted by molar-refractivity contribution is 4.70. The Hall–Kier alpha value is -0.0400. The van der Waals surface area contributed by atoms with Crippen molar-refractivity contribution in [3.8, 4) is 0 Å². The van der Waals surface area contributed by atoms with Gasteiger partial charge < -0.3 is 5.32 Å². The van der Waals surface area contributed by atoms with Gasteiger partial charge in [-0.2, -0.15) is 0 Å². The molecule has 0 aliphatic heterocycles. The highest BCUT2D eigenvalue weighted by Gasteiger charge is 2.12. The molecular weight excluding hydrogens is 206 g/mol. The fourth-order valence-electron chi connectivity index (χ4n) is 2.63. The highest BCUT2D eigenvalue weighted by Crippen LogP contribution is 2.19. The number of hydrogen-bond donors (Lipinski definition) is 1. The van der Waals surface area contributed by atoms with Crippen LogP contribution >= 0.6 is 0 Å². The molecule has 104 valence electrons. The Kier molecular flexibility index (Phi) is 9.91. The summed E-state index contributed by atoms with van der Waals surface area (Å²) in [4.78, 5) is 0. The summed E-state index contributed by atoms with van der Waals surface area (Å²) in [5.74, 6) is 2.54. The molecule has 0 saturated heterocycles. The van der Waals surface area contributed by atoms with E-state index in [2.05, 4.69) is 46.9 Å². The Labute approximate surface area is 110 Å². The summed E-state index contributed by atoms with van der Waals surface area (Å²) in [6.07, 6.45) is 6.69. The molecule has 0 heterocycles. The van der Waals surface area contributed by atoms with Crippen LogP contribution in [0.1, 0.15) is 73.6 Å². The Balaban J connectivity index is 3.88. The zero-order valence-electron chi connectivity index (χ0n) is 13.1. The summed E-state index contributed by atoms with van der Waals surface area (Å²) in [5.41, 5.74) is 0. The average Bonchev–Trinajstić information content (AvgIpc) is 2.20. The zero-order valence-corrected chi connectivity index (χ0v) is 13.1. The second kappa shape index (κ2) is 9.94. The van der Waals surface area contributed by atoms with Crippen molar-refractivity contribution in [2.75, 3.05) is 6.54 Å². The van der Waals surface area contributed by atoms with Crippen molar-refractivity contribution in [1.29, 1.82) is 0 Å². The molecule has 2 atom stereocenters. The molecule has 0 rings (SSSR count). The van der Waals surface area contributed by atoms with Crippen LogP contribution in [0, 0.1) is 17.8 Å². The third-order valence-electron chi connectivity index (χ3n) is 3.32. The molecule has 0 fully saturated rings. The first kappa shape index (κ1) is 17.0. The minimum absolute atomic E-state index is 0.740. The van der Waals surface area contributed by atoms with Gasteiger partial charge >= 0.3 is 0 Å². The summed E-state index contributed by atoms with van der Waals surface area (Å²) in [7, 11) is 0. The van der Waals surface area contributed by atoms with Gasteiger partial charge in [0.25, 0.3) is 0 Å². The van der Waals surface area contributed by atoms with Crippen molar-refractivity contribution in [3.05, 3.63) is 0 Å². The van der Waals surface area contributed by atoms with Crippen LogP contribution in [0.2, 0.25) is 0 Å². The normalized spacial score (nSPS) is 15.5. The molecule has 0 aromatic heterocycles. The minimum Gasteiger partial charge on any atom is -0.314 e. The third-order valence-corrected chi connectivity index (χ3v) is 3.32. The molecule has 0 aromatic carbocycles. The lowest BCUT2D eigenvalue weighted by Gasteiger charge is -2.23. The predicted molar refractivity (Wildman–Crippen MR) is 79.4 cm³/mol. The summed E-state index contributed by atoms with van der Waals surface area (Å²) >= 11 is 0. The summed E-state index contributed by atoms with van der Waals surface area (Å²) in [6, 6.07) is 0.740. The van der Waals surface area contributed by atoms with Gasteiger partial charge in [0.05, 0.1) is 0 Å². The maximum absolute atomic E-state index is 3.71. The monoisotopic (exact) mass is 241 g/mol. The molecule has 0 aliphatic carbocycles. The molecule has 0 aromatic rings. The minimum atomic E-state index is 0.740. The standard InChI is InChI=1S/C16H35N/c1-7-10-17-16(12-14(4)5)9-8-15(6)11-13(2)3/h13-17H,7-12H2,1-6H3. The lowest BCUT2D eigenvalue weighted by atomic mass is 9.91. The van der Waals surface area contributed by atoms with Crippen LogP contribution in [0.5, 0.6) is 0 Å². The van der Waals surface area contributed by atoms with E-state index in [1.54, 1.807) is 0 Å². The van der Waals surface area contributed by atoms with Crippen molar-refractivity contribution in [3.63, 3.8) is 0 Å². The average molecular weight is 241 g/mol. The maximum atomic E-state index is 3.71.